The van der Waals surface area contributed by atoms with Crippen molar-refractivity contribution in [1.82, 2.24) is 10.6 Å². The van der Waals surface area contributed by atoms with Gasteiger partial charge in [-0.25, -0.2) is 0 Å². The number of amides is 1. The van der Waals surface area contributed by atoms with Crippen LogP contribution in [0.15, 0.2) is 59.5 Å². The van der Waals surface area contributed by atoms with Crippen LogP contribution in [0.2, 0.25) is 0 Å². The average molecular weight is 391 g/mol. The van der Waals surface area contributed by atoms with Crippen LogP contribution in [0.3, 0.4) is 0 Å². The Labute approximate surface area is 166 Å². The zero-order valence-electron chi connectivity index (χ0n) is 15.2. The topological polar surface area (TPSA) is 41.1 Å². The smallest absolute Gasteiger partial charge is 0.251 e. The average Bonchev–Trinajstić information content (AvgIpc) is 2.66. The van der Waals surface area contributed by atoms with Gasteiger partial charge < -0.3 is 10.6 Å². The molecule has 0 unspecified atom stereocenters. The lowest BCUT2D eigenvalue weighted by atomic mass is 9.81. The van der Waals surface area contributed by atoms with E-state index in [1.807, 2.05) is 30.3 Å². The molecule has 0 atom stereocenters. The molecular weight excluding hydrogens is 364 g/mol. The Morgan fingerprint density at radius 3 is 2.38 bits per heavy atom. The first-order chi connectivity index (χ1) is 12.1. The van der Waals surface area contributed by atoms with E-state index in [2.05, 4.69) is 41.8 Å². The maximum Gasteiger partial charge on any atom is 0.251 e. The van der Waals surface area contributed by atoms with Gasteiger partial charge in [-0.1, -0.05) is 37.3 Å². The fourth-order valence-electron chi connectivity index (χ4n) is 3.05. The molecule has 2 aromatic rings. The normalized spacial score (nSPS) is 15.7. The van der Waals surface area contributed by atoms with E-state index in [4.69, 9.17) is 0 Å². The molecule has 1 heterocycles. The molecule has 1 fully saturated rings. The summed E-state index contributed by atoms with van der Waals surface area (Å²) in [6.45, 7) is 5.09. The van der Waals surface area contributed by atoms with Crippen molar-refractivity contribution in [2.45, 2.75) is 30.4 Å². The molecule has 0 saturated carbocycles. The Morgan fingerprint density at radius 1 is 1.08 bits per heavy atom. The van der Waals surface area contributed by atoms with Gasteiger partial charge in [-0.2, -0.15) is 0 Å². The summed E-state index contributed by atoms with van der Waals surface area (Å²) in [5, 5.41) is 6.49. The predicted molar refractivity (Wildman–Crippen MR) is 112 cm³/mol. The maximum absolute atomic E-state index is 12.4. The highest BCUT2D eigenvalue weighted by molar-refractivity contribution is 7.98. The highest BCUT2D eigenvalue weighted by Gasteiger charge is 2.27. The molecule has 1 aliphatic heterocycles. The molecule has 1 aliphatic rings. The van der Waals surface area contributed by atoms with Gasteiger partial charge in [0.05, 0.1) is 0 Å². The largest absolute Gasteiger partial charge is 0.351 e. The van der Waals surface area contributed by atoms with Crippen molar-refractivity contribution < 1.29 is 4.79 Å². The first kappa shape index (κ1) is 20.8. The molecule has 0 aromatic heterocycles. The highest BCUT2D eigenvalue weighted by Crippen LogP contribution is 2.27. The Hall–Kier alpha value is -1.49. The number of nitrogens with one attached hydrogen (secondary N) is 2. The Balaban J connectivity index is 0.00000243. The van der Waals surface area contributed by atoms with Crippen molar-refractivity contribution in [2.24, 2.45) is 5.41 Å². The fraction of sp³-hybridized carbons (Fsp3) is 0.381. The molecule has 1 amide bonds. The minimum Gasteiger partial charge on any atom is -0.351 e. The van der Waals surface area contributed by atoms with Crippen molar-refractivity contribution in [2.75, 3.05) is 19.6 Å². The SMILES string of the molecule is CC1(CNC(=O)c2ccc(SCc3ccccc3)cc2)CCNCC1.Cl. The van der Waals surface area contributed by atoms with E-state index >= 15 is 0 Å². The third kappa shape index (κ3) is 6.04. The lowest BCUT2D eigenvalue weighted by Crippen LogP contribution is -2.42. The molecule has 0 bridgehead atoms. The van der Waals surface area contributed by atoms with E-state index < -0.39 is 0 Å². The summed E-state index contributed by atoms with van der Waals surface area (Å²) >= 11 is 1.79. The van der Waals surface area contributed by atoms with Gasteiger partial charge in [0.25, 0.3) is 5.91 Å². The second-order valence-electron chi connectivity index (χ2n) is 7.04. The first-order valence-electron chi connectivity index (χ1n) is 8.90. The Bertz CT molecular complexity index is 685. The molecule has 0 aliphatic carbocycles. The van der Waals surface area contributed by atoms with Crippen LogP contribution >= 0.6 is 24.2 Å². The van der Waals surface area contributed by atoms with Crippen LogP contribution in [0.4, 0.5) is 0 Å². The minimum atomic E-state index is 0. The van der Waals surface area contributed by atoms with Gasteiger partial charge >= 0.3 is 0 Å². The van der Waals surface area contributed by atoms with E-state index in [0.29, 0.717) is 0 Å². The molecule has 0 radical (unpaired) electrons. The number of carbonyl (C=O) groups is 1. The van der Waals surface area contributed by atoms with Gasteiger partial charge in [0.1, 0.15) is 0 Å². The molecule has 26 heavy (non-hydrogen) atoms. The summed E-state index contributed by atoms with van der Waals surface area (Å²) in [7, 11) is 0. The zero-order valence-corrected chi connectivity index (χ0v) is 16.8. The van der Waals surface area contributed by atoms with Gasteiger partial charge in [-0.15, -0.1) is 24.2 Å². The van der Waals surface area contributed by atoms with E-state index in [1.54, 1.807) is 11.8 Å². The molecule has 0 spiro atoms. The molecule has 3 nitrogen and oxygen atoms in total. The van der Waals surface area contributed by atoms with Crippen molar-refractivity contribution in [1.29, 1.82) is 0 Å². The number of hydrogen-bond acceptors (Lipinski definition) is 3. The number of carbonyl (C=O) groups excluding carboxylic acids is 1. The second kappa shape index (κ2) is 10.0. The van der Waals surface area contributed by atoms with Crippen LogP contribution in [0.5, 0.6) is 0 Å². The third-order valence-corrected chi connectivity index (χ3v) is 5.93. The molecule has 2 N–H and O–H groups in total. The van der Waals surface area contributed by atoms with Gasteiger partial charge in [0, 0.05) is 22.8 Å². The standard InChI is InChI=1S/C21H26N2OS.ClH/c1-21(11-13-22-14-12-21)16-23-20(24)18-7-9-19(10-8-18)25-15-17-5-3-2-4-6-17;/h2-10,22H,11-16H2,1H3,(H,23,24);1H. The molecule has 2 aromatic carbocycles. The number of thioether (sulfide) groups is 1. The van der Waals surface area contributed by atoms with Gasteiger partial charge in [-0.3, -0.25) is 4.79 Å². The molecular formula is C21H27ClN2OS. The van der Waals surface area contributed by atoms with Crippen LogP contribution in [0.1, 0.15) is 35.7 Å². The van der Waals surface area contributed by atoms with Gasteiger partial charge in [0.2, 0.25) is 0 Å². The summed E-state index contributed by atoms with van der Waals surface area (Å²) in [5.74, 6) is 0.970. The Kier molecular flexibility index (Phi) is 8.01. The van der Waals surface area contributed by atoms with Crippen molar-refractivity contribution in [3.63, 3.8) is 0 Å². The second-order valence-corrected chi connectivity index (χ2v) is 8.09. The number of hydrogen-bond donors (Lipinski definition) is 2. The summed E-state index contributed by atoms with van der Waals surface area (Å²) in [5.41, 5.74) is 2.26. The number of rotatable bonds is 6. The summed E-state index contributed by atoms with van der Waals surface area (Å²) in [4.78, 5) is 13.6. The third-order valence-electron chi connectivity index (χ3n) is 4.85. The molecule has 140 valence electrons. The van der Waals surface area contributed by atoms with Crippen LogP contribution in [0, 0.1) is 5.41 Å². The summed E-state index contributed by atoms with van der Waals surface area (Å²) in [6, 6.07) is 18.3. The van der Waals surface area contributed by atoms with Crippen LogP contribution in [-0.2, 0) is 5.75 Å². The monoisotopic (exact) mass is 390 g/mol. The Morgan fingerprint density at radius 2 is 1.73 bits per heavy atom. The minimum absolute atomic E-state index is 0. The van der Waals surface area contributed by atoms with Crippen LogP contribution < -0.4 is 10.6 Å². The first-order valence-corrected chi connectivity index (χ1v) is 9.89. The van der Waals surface area contributed by atoms with Gasteiger partial charge in [0.15, 0.2) is 0 Å². The van der Waals surface area contributed by atoms with Gasteiger partial charge in [-0.05, 0) is 61.2 Å². The number of piperidine rings is 1. The number of halogens is 1. The van der Waals surface area contributed by atoms with Crippen molar-refractivity contribution >= 4 is 30.1 Å². The molecule has 1 saturated heterocycles. The van der Waals surface area contributed by atoms with Crippen LogP contribution in [0.25, 0.3) is 0 Å². The van der Waals surface area contributed by atoms with E-state index in [-0.39, 0.29) is 23.7 Å². The van der Waals surface area contributed by atoms with Crippen molar-refractivity contribution in [3.05, 3.63) is 65.7 Å². The molecule has 5 heteroatoms. The maximum atomic E-state index is 12.4. The van der Waals surface area contributed by atoms with Crippen LogP contribution in [-0.4, -0.2) is 25.5 Å². The lowest BCUT2D eigenvalue weighted by Gasteiger charge is -2.34. The summed E-state index contributed by atoms with van der Waals surface area (Å²) in [6.07, 6.45) is 2.23. The lowest BCUT2D eigenvalue weighted by molar-refractivity contribution is 0.0922. The zero-order chi connectivity index (χ0) is 17.5. The molecule has 3 rings (SSSR count). The predicted octanol–water partition coefficient (Wildman–Crippen LogP) is 4.52. The van der Waals surface area contributed by atoms with Crippen molar-refractivity contribution in [3.8, 4) is 0 Å². The summed E-state index contributed by atoms with van der Waals surface area (Å²) < 4.78 is 0. The number of benzene rings is 2. The quantitative estimate of drug-likeness (QED) is 0.712. The van der Waals surface area contributed by atoms with E-state index in [9.17, 15) is 4.79 Å². The fourth-order valence-corrected chi connectivity index (χ4v) is 3.90. The highest BCUT2D eigenvalue weighted by atomic mass is 35.5. The van der Waals surface area contributed by atoms with E-state index in [0.717, 1.165) is 43.8 Å². The van der Waals surface area contributed by atoms with E-state index in [1.165, 1.54) is 10.5 Å².